The Morgan fingerprint density at radius 1 is 1.14 bits per heavy atom. The number of rotatable bonds is 6. The van der Waals surface area contributed by atoms with Crippen molar-refractivity contribution in [2.45, 2.75) is 29.9 Å². The van der Waals surface area contributed by atoms with Crippen LogP contribution in [0.15, 0.2) is 59.5 Å². The largest absolute Gasteiger partial charge is 0.481 e. The van der Waals surface area contributed by atoms with E-state index in [1.807, 2.05) is 55.5 Å². The molecule has 2 aromatic carbocycles. The quantitative estimate of drug-likeness (QED) is 0.702. The molecule has 0 aromatic heterocycles. The van der Waals surface area contributed by atoms with Gasteiger partial charge in [0.1, 0.15) is 0 Å². The van der Waals surface area contributed by atoms with Crippen LogP contribution in [0.2, 0.25) is 0 Å². The van der Waals surface area contributed by atoms with E-state index in [9.17, 15) is 14.4 Å². The van der Waals surface area contributed by atoms with E-state index in [2.05, 4.69) is 5.32 Å². The number of benzene rings is 2. The number of hydrogen-bond donors (Lipinski definition) is 2. The average molecular weight is 416 g/mol. The number of para-hydroxylation sites is 1. The van der Waals surface area contributed by atoms with Crippen molar-refractivity contribution in [1.82, 2.24) is 5.06 Å². The molecule has 8 heteroatoms. The van der Waals surface area contributed by atoms with E-state index >= 15 is 0 Å². The first-order chi connectivity index (χ1) is 13.9. The number of hydroxylamine groups is 2. The van der Waals surface area contributed by atoms with E-state index in [0.29, 0.717) is 13.0 Å². The number of aliphatic carboxylic acids is 1. The monoisotopic (exact) mass is 416 g/mol. The molecule has 1 aliphatic heterocycles. The zero-order chi connectivity index (χ0) is 21.2. The minimum atomic E-state index is -0.956. The molecule has 3 rings (SSSR count). The van der Waals surface area contributed by atoms with Crippen molar-refractivity contribution in [1.29, 1.82) is 0 Å². The maximum absolute atomic E-state index is 11.6. The second kappa shape index (κ2) is 11.2. The summed E-state index contributed by atoms with van der Waals surface area (Å²) in [4.78, 5) is 39.4. The van der Waals surface area contributed by atoms with E-state index in [-0.39, 0.29) is 18.2 Å². The Hall–Kier alpha value is -2.84. The van der Waals surface area contributed by atoms with E-state index < -0.39 is 11.2 Å². The van der Waals surface area contributed by atoms with Gasteiger partial charge in [0.05, 0.1) is 30.9 Å². The second-order valence-corrected chi connectivity index (χ2v) is 7.37. The summed E-state index contributed by atoms with van der Waals surface area (Å²) in [5.41, 5.74) is 1.77. The van der Waals surface area contributed by atoms with Crippen molar-refractivity contribution in [2.24, 2.45) is 0 Å². The van der Waals surface area contributed by atoms with Crippen molar-refractivity contribution in [3.63, 3.8) is 0 Å². The van der Waals surface area contributed by atoms with Crippen LogP contribution in [0.3, 0.4) is 0 Å². The molecule has 1 atom stereocenters. The fraction of sp³-hybridized carbons (Fsp3) is 0.286. The summed E-state index contributed by atoms with van der Waals surface area (Å²) in [5, 5.41) is 12.2. The molecule has 0 spiro atoms. The first-order valence-corrected chi connectivity index (χ1v) is 9.99. The van der Waals surface area contributed by atoms with Crippen LogP contribution in [0.1, 0.15) is 18.9 Å². The highest BCUT2D eigenvalue weighted by molar-refractivity contribution is 8.01. The molecule has 0 fully saturated rings. The van der Waals surface area contributed by atoms with Crippen LogP contribution in [0.4, 0.5) is 5.69 Å². The van der Waals surface area contributed by atoms with Gasteiger partial charge in [-0.2, -0.15) is 0 Å². The summed E-state index contributed by atoms with van der Waals surface area (Å²) >= 11 is 1.30. The predicted octanol–water partition coefficient (Wildman–Crippen LogP) is 3.21. The Balaban J connectivity index is 0.000000208. The molecule has 2 amide bonds. The molecule has 0 saturated heterocycles. The Kier molecular flexibility index (Phi) is 8.69. The number of fused-ring (bicyclic) bond motifs is 1. The van der Waals surface area contributed by atoms with Crippen LogP contribution in [0.5, 0.6) is 0 Å². The lowest BCUT2D eigenvalue weighted by atomic mass is 10.1. The number of carbonyl (C=O) groups is 3. The molecule has 0 bridgehead atoms. The number of hydrogen-bond acceptors (Lipinski definition) is 5. The first kappa shape index (κ1) is 22.4. The molecule has 0 aliphatic carbocycles. The van der Waals surface area contributed by atoms with Crippen molar-refractivity contribution >= 4 is 35.2 Å². The third-order valence-corrected chi connectivity index (χ3v) is 5.33. The van der Waals surface area contributed by atoms with Gasteiger partial charge in [0.2, 0.25) is 5.91 Å². The van der Waals surface area contributed by atoms with Gasteiger partial charge in [-0.1, -0.05) is 42.5 Å². The van der Waals surface area contributed by atoms with E-state index in [1.54, 1.807) is 6.07 Å². The standard InChI is InChI=1S/C11H15NO2.C10H9NO3S/c1-3-12(14-2)11(13)9-10-7-5-4-6-8-10;12-9(13)5-8-10(14)11-6-3-1-2-4-7(6)15-8/h4-8H,3,9H2,1-2H3;1-4,8H,5H2,(H,11,14)(H,12,13). The number of nitrogens with zero attached hydrogens (tertiary/aromatic N) is 1. The summed E-state index contributed by atoms with van der Waals surface area (Å²) in [6.45, 7) is 2.45. The molecule has 29 heavy (non-hydrogen) atoms. The fourth-order valence-corrected chi connectivity index (χ4v) is 3.75. The molecule has 1 unspecified atom stereocenters. The molecular weight excluding hydrogens is 392 g/mol. The number of nitrogens with one attached hydrogen (secondary N) is 1. The molecule has 1 heterocycles. The lowest BCUT2D eigenvalue weighted by Gasteiger charge is -2.22. The molecule has 0 radical (unpaired) electrons. The van der Waals surface area contributed by atoms with E-state index in [4.69, 9.17) is 9.94 Å². The SMILES string of the molecule is CCN(OC)C(=O)Cc1ccccc1.O=C(O)CC1Sc2ccccc2NC1=O. The number of likely N-dealkylation sites (N-methyl/N-ethyl adjacent to an activating group) is 1. The Bertz CT molecular complexity index is 840. The van der Waals surface area contributed by atoms with E-state index in [0.717, 1.165) is 16.1 Å². The van der Waals surface area contributed by atoms with Gasteiger partial charge in [-0.3, -0.25) is 19.2 Å². The summed E-state index contributed by atoms with van der Waals surface area (Å²) in [7, 11) is 1.51. The highest BCUT2D eigenvalue weighted by atomic mass is 32.2. The summed E-state index contributed by atoms with van der Waals surface area (Å²) in [6, 6.07) is 17.0. The van der Waals surface area contributed by atoms with Gasteiger partial charge in [-0.05, 0) is 24.6 Å². The predicted molar refractivity (Wildman–Crippen MR) is 112 cm³/mol. The zero-order valence-corrected chi connectivity index (χ0v) is 17.1. The van der Waals surface area contributed by atoms with Crippen molar-refractivity contribution in [2.75, 3.05) is 19.0 Å². The molecule has 2 aromatic rings. The summed E-state index contributed by atoms with van der Waals surface area (Å²) in [5.74, 6) is -1.20. The number of amides is 2. The number of anilines is 1. The third kappa shape index (κ3) is 6.92. The normalized spacial score (nSPS) is 14.7. The summed E-state index contributed by atoms with van der Waals surface area (Å²) in [6.07, 6.45) is 0.243. The molecule has 154 valence electrons. The topological polar surface area (TPSA) is 95.9 Å². The fourth-order valence-electron chi connectivity index (χ4n) is 2.65. The third-order valence-electron chi connectivity index (χ3n) is 4.05. The molecule has 0 saturated carbocycles. The highest BCUT2D eigenvalue weighted by Crippen LogP contribution is 2.36. The molecule has 1 aliphatic rings. The van der Waals surface area contributed by atoms with Gasteiger partial charge in [-0.25, -0.2) is 5.06 Å². The summed E-state index contributed by atoms with van der Waals surface area (Å²) < 4.78 is 0. The Morgan fingerprint density at radius 2 is 1.79 bits per heavy atom. The highest BCUT2D eigenvalue weighted by Gasteiger charge is 2.28. The Morgan fingerprint density at radius 3 is 2.41 bits per heavy atom. The molecule has 2 N–H and O–H groups in total. The maximum atomic E-state index is 11.6. The lowest BCUT2D eigenvalue weighted by Crippen LogP contribution is -2.30. The Labute approximate surface area is 174 Å². The number of carboxylic acid groups (broad SMARTS) is 1. The van der Waals surface area contributed by atoms with Gasteiger partial charge in [0.25, 0.3) is 5.91 Å². The van der Waals surface area contributed by atoms with Gasteiger partial charge < -0.3 is 10.4 Å². The lowest BCUT2D eigenvalue weighted by molar-refractivity contribution is -0.174. The minimum Gasteiger partial charge on any atom is -0.481 e. The van der Waals surface area contributed by atoms with Crippen LogP contribution in [-0.4, -0.2) is 46.9 Å². The number of carboxylic acids is 1. The average Bonchev–Trinajstić information content (AvgIpc) is 2.70. The van der Waals surface area contributed by atoms with Crippen LogP contribution in [-0.2, 0) is 25.6 Å². The van der Waals surface area contributed by atoms with Gasteiger partial charge in [-0.15, -0.1) is 11.8 Å². The van der Waals surface area contributed by atoms with Gasteiger partial charge in [0, 0.05) is 11.4 Å². The minimum absolute atomic E-state index is 0.0128. The number of thioether (sulfide) groups is 1. The smallest absolute Gasteiger partial charge is 0.305 e. The van der Waals surface area contributed by atoms with E-state index in [1.165, 1.54) is 23.9 Å². The molecule has 7 nitrogen and oxygen atoms in total. The van der Waals surface area contributed by atoms with Crippen LogP contribution >= 0.6 is 11.8 Å². The van der Waals surface area contributed by atoms with Crippen molar-refractivity contribution in [3.05, 3.63) is 60.2 Å². The maximum Gasteiger partial charge on any atom is 0.305 e. The van der Waals surface area contributed by atoms with Gasteiger partial charge in [0.15, 0.2) is 0 Å². The van der Waals surface area contributed by atoms with Crippen LogP contribution in [0, 0.1) is 0 Å². The van der Waals surface area contributed by atoms with Crippen LogP contribution < -0.4 is 5.32 Å². The first-order valence-electron chi connectivity index (χ1n) is 9.11. The molecular formula is C21H24N2O5S. The number of carbonyl (C=O) groups excluding carboxylic acids is 2. The van der Waals surface area contributed by atoms with Crippen molar-refractivity contribution < 1.29 is 24.3 Å². The van der Waals surface area contributed by atoms with Crippen LogP contribution in [0.25, 0.3) is 0 Å². The van der Waals surface area contributed by atoms with Crippen molar-refractivity contribution in [3.8, 4) is 0 Å². The van der Waals surface area contributed by atoms with Gasteiger partial charge >= 0.3 is 5.97 Å². The zero-order valence-electron chi connectivity index (χ0n) is 16.3. The second-order valence-electron chi connectivity index (χ2n) is 6.12.